The number of rotatable bonds is 3. The van der Waals surface area contributed by atoms with Crippen LogP contribution in [-0.4, -0.2) is 32.3 Å². The Hall–Kier alpha value is -0.831. The molecular formula is C19H26O3Se. The number of cyclic esters (lactones) is 1. The van der Waals surface area contributed by atoms with Crippen molar-refractivity contribution < 1.29 is 14.3 Å². The molecule has 4 heteroatoms. The molecule has 1 aliphatic heterocycles. The molecule has 23 heavy (non-hydrogen) atoms. The van der Waals surface area contributed by atoms with Gasteiger partial charge in [0.15, 0.2) is 0 Å². The summed E-state index contributed by atoms with van der Waals surface area (Å²) in [6.45, 7) is 8.11. The first-order valence-electron chi connectivity index (χ1n) is 8.38. The predicted octanol–water partition coefficient (Wildman–Crippen LogP) is 3.31. The minimum atomic E-state index is -0.827. The number of ether oxygens (including phenoxy) is 2. The summed E-state index contributed by atoms with van der Waals surface area (Å²) in [6.07, 6.45) is 2.90. The van der Waals surface area contributed by atoms with Gasteiger partial charge in [0.2, 0.25) is 0 Å². The molecule has 3 nitrogen and oxygen atoms in total. The zero-order valence-corrected chi connectivity index (χ0v) is 16.1. The van der Waals surface area contributed by atoms with Gasteiger partial charge in [0, 0.05) is 0 Å². The molecule has 1 aliphatic carbocycles. The molecule has 3 atom stereocenters. The van der Waals surface area contributed by atoms with Crippen LogP contribution in [-0.2, 0) is 14.3 Å². The normalized spacial score (nSPS) is 34.1. The molecule has 1 spiro atoms. The average Bonchev–Trinajstić information content (AvgIpc) is 3.00. The van der Waals surface area contributed by atoms with Crippen molar-refractivity contribution in [3.8, 4) is 0 Å². The fourth-order valence-electron chi connectivity index (χ4n) is 3.36. The van der Waals surface area contributed by atoms with E-state index in [0.29, 0.717) is 15.0 Å². The van der Waals surface area contributed by atoms with Gasteiger partial charge in [0.25, 0.3) is 0 Å². The molecule has 2 fully saturated rings. The summed E-state index contributed by atoms with van der Waals surface area (Å²) in [6, 6.07) is 10.6. The monoisotopic (exact) mass is 382 g/mol. The molecule has 0 amide bonds. The summed E-state index contributed by atoms with van der Waals surface area (Å²) in [5.74, 6) is -0.687. The van der Waals surface area contributed by atoms with E-state index in [0.717, 1.165) is 24.6 Å². The second-order valence-corrected chi connectivity index (χ2v) is 10.1. The Kier molecular flexibility index (Phi) is 4.37. The molecule has 0 N–H and O–H groups in total. The van der Waals surface area contributed by atoms with E-state index in [1.807, 2.05) is 13.0 Å². The number of esters is 1. The van der Waals surface area contributed by atoms with Crippen molar-refractivity contribution in [1.29, 1.82) is 0 Å². The van der Waals surface area contributed by atoms with E-state index in [2.05, 4.69) is 45.0 Å². The van der Waals surface area contributed by atoms with Crippen LogP contribution in [0.5, 0.6) is 0 Å². The van der Waals surface area contributed by atoms with Gasteiger partial charge >= 0.3 is 145 Å². The van der Waals surface area contributed by atoms with E-state index < -0.39 is 11.4 Å². The number of benzene rings is 1. The Bertz CT molecular complexity index is 580. The summed E-state index contributed by atoms with van der Waals surface area (Å²) in [7, 11) is 0. The molecule has 126 valence electrons. The third-order valence-corrected chi connectivity index (χ3v) is 7.79. The average molecular weight is 381 g/mol. The molecule has 1 aromatic carbocycles. The summed E-state index contributed by atoms with van der Waals surface area (Å²) < 4.78 is 13.6. The number of carbonyl (C=O) groups excluding carboxylic acids is 1. The van der Waals surface area contributed by atoms with Crippen LogP contribution in [0, 0.1) is 11.3 Å². The van der Waals surface area contributed by atoms with E-state index >= 15 is 0 Å². The third-order valence-electron chi connectivity index (χ3n) is 5.33. The zero-order chi connectivity index (χ0) is 16.7. The van der Waals surface area contributed by atoms with Crippen LogP contribution in [0.3, 0.4) is 0 Å². The quantitative estimate of drug-likeness (QED) is 0.595. The molecule has 3 rings (SSSR count). The molecule has 1 aromatic rings. The van der Waals surface area contributed by atoms with Crippen molar-refractivity contribution in [3.63, 3.8) is 0 Å². The fraction of sp³-hybridized carbons (Fsp3) is 0.632. The van der Waals surface area contributed by atoms with Gasteiger partial charge in [0.05, 0.1) is 0 Å². The van der Waals surface area contributed by atoms with E-state index in [1.165, 1.54) is 4.46 Å². The van der Waals surface area contributed by atoms with Crippen molar-refractivity contribution in [1.82, 2.24) is 0 Å². The summed E-state index contributed by atoms with van der Waals surface area (Å²) in [5.41, 5.74) is -0.942. The topological polar surface area (TPSA) is 35.5 Å². The van der Waals surface area contributed by atoms with Gasteiger partial charge in [-0.15, -0.1) is 0 Å². The molecule has 0 aromatic heterocycles. The number of hydrogen-bond donors (Lipinski definition) is 0. The molecule has 0 radical (unpaired) electrons. The zero-order valence-electron chi connectivity index (χ0n) is 14.4. The van der Waals surface area contributed by atoms with Gasteiger partial charge < -0.3 is 0 Å². The number of hydrogen-bond acceptors (Lipinski definition) is 3. The van der Waals surface area contributed by atoms with Gasteiger partial charge in [-0.3, -0.25) is 0 Å². The molecular weight excluding hydrogens is 355 g/mol. The van der Waals surface area contributed by atoms with Crippen LogP contribution < -0.4 is 4.46 Å². The van der Waals surface area contributed by atoms with Crippen LogP contribution in [0.4, 0.5) is 0 Å². The Morgan fingerprint density at radius 2 is 1.96 bits per heavy atom. The molecule has 0 unspecified atom stereocenters. The fourth-order valence-corrected chi connectivity index (χ4v) is 5.84. The molecule has 1 saturated heterocycles. The molecule has 1 heterocycles. The summed E-state index contributed by atoms with van der Waals surface area (Å²) in [5, 5.41) is 1.03. The van der Waals surface area contributed by atoms with Gasteiger partial charge in [-0.1, -0.05) is 0 Å². The molecule has 2 aliphatic rings. The van der Waals surface area contributed by atoms with Gasteiger partial charge in [-0.2, -0.15) is 0 Å². The first-order valence-corrected chi connectivity index (χ1v) is 10.5. The van der Waals surface area contributed by atoms with Crippen LogP contribution in [0.1, 0.15) is 47.0 Å². The van der Waals surface area contributed by atoms with E-state index in [-0.39, 0.29) is 17.3 Å². The van der Waals surface area contributed by atoms with Crippen LogP contribution in [0.15, 0.2) is 30.3 Å². The van der Waals surface area contributed by atoms with Crippen molar-refractivity contribution in [2.24, 2.45) is 11.3 Å². The van der Waals surface area contributed by atoms with Crippen molar-refractivity contribution in [2.45, 2.75) is 63.7 Å². The SMILES string of the molecule is CC(C)(C)[C@]1(C)OC(=O)[C@]2(CCC[C@H]2C[Se]c2ccccc2)O1. The van der Waals surface area contributed by atoms with Gasteiger partial charge in [-0.25, -0.2) is 0 Å². The third kappa shape index (κ3) is 2.97. The standard InChI is InChI=1S/C19H26O3Se/c1-17(2,3)18(4)21-16(20)19(22-18)12-8-9-14(19)13-23-15-10-6-5-7-11-15/h5-7,10-11,14H,8-9,12-13H2,1-4H3/t14-,18+,19+/m0/s1. The Morgan fingerprint density at radius 1 is 1.26 bits per heavy atom. The van der Waals surface area contributed by atoms with Crippen molar-refractivity contribution >= 4 is 25.4 Å². The van der Waals surface area contributed by atoms with Crippen LogP contribution in [0.2, 0.25) is 5.32 Å². The minimum absolute atomic E-state index is 0.138. The van der Waals surface area contributed by atoms with Crippen LogP contribution >= 0.6 is 0 Å². The van der Waals surface area contributed by atoms with Crippen molar-refractivity contribution in [2.75, 3.05) is 0 Å². The Labute approximate surface area is 145 Å². The maximum atomic E-state index is 12.7. The second-order valence-electron chi connectivity index (χ2n) is 7.79. The maximum absolute atomic E-state index is 12.7. The van der Waals surface area contributed by atoms with E-state index in [4.69, 9.17) is 9.47 Å². The molecule has 1 saturated carbocycles. The van der Waals surface area contributed by atoms with Crippen molar-refractivity contribution in [3.05, 3.63) is 30.3 Å². The Balaban J connectivity index is 1.77. The first kappa shape index (κ1) is 17.0. The second kappa shape index (κ2) is 5.91. The first-order chi connectivity index (χ1) is 10.8. The van der Waals surface area contributed by atoms with Crippen LogP contribution in [0.25, 0.3) is 0 Å². The predicted molar refractivity (Wildman–Crippen MR) is 91.7 cm³/mol. The Morgan fingerprint density at radius 3 is 2.57 bits per heavy atom. The number of carbonyl (C=O) groups is 1. The van der Waals surface area contributed by atoms with Gasteiger partial charge in [-0.05, 0) is 0 Å². The van der Waals surface area contributed by atoms with Gasteiger partial charge in [0.1, 0.15) is 0 Å². The molecule has 0 bridgehead atoms. The summed E-state index contributed by atoms with van der Waals surface area (Å²) in [4.78, 5) is 12.7. The van der Waals surface area contributed by atoms with E-state index in [9.17, 15) is 4.79 Å². The van der Waals surface area contributed by atoms with E-state index in [1.54, 1.807) is 0 Å². The summed E-state index contributed by atoms with van der Waals surface area (Å²) >= 11 is 0.369.